The highest BCUT2D eigenvalue weighted by Gasteiger charge is 2.31. The molecule has 1 saturated heterocycles. The van der Waals surface area contributed by atoms with E-state index >= 15 is 0 Å². The van der Waals surface area contributed by atoms with Crippen LogP contribution in [0.1, 0.15) is 34.3 Å². The van der Waals surface area contributed by atoms with Crippen molar-refractivity contribution in [3.63, 3.8) is 0 Å². The van der Waals surface area contributed by atoms with Gasteiger partial charge in [0.15, 0.2) is 16.9 Å². The van der Waals surface area contributed by atoms with Gasteiger partial charge in [-0.1, -0.05) is 60.7 Å². The third kappa shape index (κ3) is 7.04. The van der Waals surface area contributed by atoms with Gasteiger partial charge in [-0.2, -0.15) is 9.97 Å². The van der Waals surface area contributed by atoms with Crippen LogP contribution >= 0.6 is 0 Å². The maximum Gasteiger partial charge on any atom is 0.573 e. The van der Waals surface area contributed by atoms with Crippen LogP contribution in [0.15, 0.2) is 89.7 Å². The van der Waals surface area contributed by atoms with Crippen LogP contribution in [0.3, 0.4) is 0 Å². The number of nitrogens with two attached hydrogens (primary N) is 1. The van der Waals surface area contributed by atoms with Gasteiger partial charge in [-0.3, -0.25) is 18.7 Å². The number of hydrogen-bond donors (Lipinski definition) is 2. The first kappa shape index (κ1) is 30.8. The molecule has 0 bridgehead atoms. The van der Waals surface area contributed by atoms with Crippen LogP contribution in [0, 0.1) is 0 Å². The number of aromatic nitrogens is 4. The number of nitrogens with zero attached hydrogens (tertiary/aromatic N) is 5. The van der Waals surface area contributed by atoms with Crippen molar-refractivity contribution >= 4 is 28.8 Å². The summed E-state index contributed by atoms with van der Waals surface area (Å²) in [6, 6.07) is 23.7. The molecule has 10 nitrogen and oxygen atoms in total. The number of anilines is 2. The standard InChI is InChI=1S/C33H32F3N7O3/c34-33(35,36)46-26-15-13-24(14-16-26)27(44)21-43-30(45)28-29(39-31(43)38-18-22-8-3-1-4-9-22)40-32(41-17-7-12-25(37)20-41)42(28)19-23-10-5-2-6-11-23/h1-6,8-11,13-16,25H,7,12,17-21,37H2,(H,38,39). The predicted molar refractivity (Wildman–Crippen MR) is 168 cm³/mol. The lowest BCUT2D eigenvalue weighted by Crippen LogP contribution is -2.44. The normalized spacial score (nSPS) is 15.2. The maximum atomic E-state index is 14.4. The molecule has 0 amide bonds. The number of ether oxygens (including phenoxy) is 1. The van der Waals surface area contributed by atoms with Crippen LogP contribution in [0.2, 0.25) is 0 Å². The zero-order chi connectivity index (χ0) is 32.3. The van der Waals surface area contributed by atoms with Crippen LogP contribution in [-0.2, 0) is 19.6 Å². The molecule has 2 aromatic heterocycles. The van der Waals surface area contributed by atoms with Gasteiger partial charge in [0, 0.05) is 31.2 Å². The van der Waals surface area contributed by atoms with Crippen molar-refractivity contribution < 1.29 is 22.7 Å². The minimum Gasteiger partial charge on any atom is -0.406 e. The average molecular weight is 632 g/mol. The van der Waals surface area contributed by atoms with Gasteiger partial charge in [-0.25, -0.2) is 0 Å². The number of halogens is 3. The van der Waals surface area contributed by atoms with Crippen molar-refractivity contribution in [1.82, 2.24) is 19.1 Å². The fourth-order valence-electron chi connectivity index (χ4n) is 5.59. The van der Waals surface area contributed by atoms with Crippen molar-refractivity contribution in [2.75, 3.05) is 23.3 Å². The smallest absolute Gasteiger partial charge is 0.406 e. The number of piperidine rings is 1. The third-order valence-corrected chi connectivity index (χ3v) is 7.77. The number of fused-ring (bicyclic) bond motifs is 1. The first-order chi connectivity index (χ1) is 22.1. The molecule has 0 aliphatic carbocycles. The van der Waals surface area contributed by atoms with Crippen molar-refractivity contribution in [2.24, 2.45) is 5.73 Å². The number of imidazole rings is 1. The quantitative estimate of drug-likeness (QED) is 0.208. The second-order valence-corrected chi connectivity index (χ2v) is 11.2. The number of Topliss-reactive ketones (excluding diaryl/α,β-unsaturated/α-hetero) is 1. The summed E-state index contributed by atoms with van der Waals surface area (Å²) in [7, 11) is 0. The Kier molecular flexibility index (Phi) is 8.75. The molecule has 13 heteroatoms. The van der Waals surface area contributed by atoms with Crippen LogP contribution in [0.5, 0.6) is 5.75 Å². The highest BCUT2D eigenvalue weighted by molar-refractivity contribution is 5.96. The van der Waals surface area contributed by atoms with Gasteiger partial charge in [0.25, 0.3) is 5.56 Å². The number of benzene rings is 3. The van der Waals surface area contributed by atoms with Gasteiger partial charge in [-0.05, 0) is 48.2 Å². The summed E-state index contributed by atoms with van der Waals surface area (Å²) in [6.45, 7) is 1.51. The maximum absolute atomic E-state index is 14.4. The fraction of sp³-hybridized carbons (Fsp3) is 0.273. The van der Waals surface area contributed by atoms with Gasteiger partial charge in [0.2, 0.25) is 11.9 Å². The zero-order valence-electron chi connectivity index (χ0n) is 24.8. The summed E-state index contributed by atoms with van der Waals surface area (Å²) in [6.07, 6.45) is -3.10. The highest BCUT2D eigenvalue weighted by Crippen LogP contribution is 2.26. The molecule has 3 aromatic carbocycles. The number of carbonyl (C=O) groups excluding carboxylic acids is 1. The molecule has 1 aliphatic rings. The second kappa shape index (κ2) is 13.1. The summed E-state index contributed by atoms with van der Waals surface area (Å²) >= 11 is 0. The molecule has 46 heavy (non-hydrogen) atoms. The van der Waals surface area contributed by atoms with Gasteiger partial charge >= 0.3 is 6.36 Å². The Morgan fingerprint density at radius 2 is 1.61 bits per heavy atom. The number of alkyl halides is 3. The molecule has 1 unspecified atom stereocenters. The molecule has 1 fully saturated rings. The third-order valence-electron chi connectivity index (χ3n) is 7.77. The van der Waals surface area contributed by atoms with E-state index < -0.39 is 30.0 Å². The summed E-state index contributed by atoms with van der Waals surface area (Å²) in [5.41, 5.74) is 8.25. The molecular weight excluding hydrogens is 599 g/mol. The Labute approximate surface area is 262 Å². The predicted octanol–water partition coefficient (Wildman–Crippen LogP) is 4.96. The number of hydrogen-bond acceptors (Lipinski definition) is 8. The Morgan fingerprint density at radius 3 is 2.26 bits per heavy atom. The lowest BCUT2D eigenvalue weighted by Gasteiger charge is -2.31. The van der Waals surface area contributed by atoms with E-state index in [4.69, 9.17) is 15.7 Å². The minimum absolute atomic E-state index is 0.0444. The zero-order valence-corrected chi connectivity index (χ0v) is 24.8. The first-order valence-corrected chi connectivity index (χ1v) is 14.9. The molecule has 0 radical (unpaired) electrons. The number of ketones is 1. The lowest BCUT2D eigenvalue weighted by atomic mass is 10.1. The monoisotopic (exact) mass is 631 g/mol. The van der Waals surface area contributed by atoms with E-state index in [2.05, 4.69) is 15.0 Å². The van der Waals surface area contributed by atoms with Gasteiger partial charge in [-0.15, -0.1) is 13.2 Å². The number of carbonyl (C=O) groups is 1. The molecule has 6 rings (SSSR count). The Balaban J connectivity index is 1.43. The van der Waals surface area contributed by atoms with Crippen LogP contribution in [-0.4, -0.2) is 50.4 Å². The number of nitrogens with one attached hydrogen (secondary N) is 1. The number of rotatable bonds is 10. The largest absolute Gasteiger partial charge is 0.573 e. The van der Waals surface area contributed by atoms with Gasteiger partial charge in [0.1, 0.15) is 5.75 Å². The Morgan fingerprint density at radius 1 is 0.935 bits per heavy atom. The Hall–Kier alpha value is -5.17. The molecule has 1 aliphatic heterocycles. The molecule has 0 saturated carbocycles. The van der Waals surface area contributed by atoms with E-state index in [1.54, 1.807) is 0 Å². The van der Waals surface area contributed by atoms with Crippen molar-refractivity contribution in [3.8, 4) is 5.75 Å². The van der Waals surface area contributed by atoms with Crippen LogP contribution < -0.4 is 26.2 Å². The van der Waals surface area contributed by atoms with Crippen LogP contribution in [0.4, 0.5) is 25.1 Å². The van der Waals surface area contributed by atoms with Gasteiger partial charge in [0.05, 0.1) is 13.1 Å². The van der Waals surface area contributed by atoms with Crippen molar-refractivity contribution in [3.05, 3.63) is 112 Å². The Bertz CT molecular complexity index is 1880. The second-order valence-electron chi connectivity index (χ2n) is 11.2. The lowest BCUT2D eigenvalue weighted by molar-refractivity contribution is -0.274. The van der Waals surface area contributed by atoms with E-state index in [0.717, 1.165) is 36.1 Å². The van der Waals surface area contributed by atoms with E-state index in [1.807, 2.05) is 65.2 Å². The molecule has 238 valence electrons. The molecule has 0 spiro atoms. The summed E-state index contributed by atoms with van der Waals surface area (Å²) < 4.78 is 45.0. The molecule has 3 N–H and O–H groups in total. The van der Waals surface area contributed by atoms with E-state index in [1.165, 1.54) is 16.7 Å². The topological polar surface area (TPSA) is 120 Å². The first-order valence-electron chi connectivity index (χ1n) is 14.9. The van der Waals surface area contributed by atoms with E-state index in [0.29, 0.717) is 32.1 Å². The van der Waals surface area contributed by atoms with Crippen molar-refractivity contribution in [1.29, 1.82) is 0 Å². The molecular formula is C33H32F3N7O3. The molecule has 3 heterocycles. The summed E-state index contributed by atoms with van der Waals surface area (Å²) in [5, 5.41) is 3.19. The minimum atomic E-state index is -4.86. The van der Waals surface area contributed by atoms with Gasteiger partial charge < -0.3 is 20.7 Å². The average Bonchev–Trinajstić information content (AvgIpc) is 3.40. The van der Waals surface area contributed by atoms with E-state index in [9.17, 15) is 22.8 Å². The SMILES string of the molecule is NC1CCCN(c2nc3nc(NCc4ccccc4)n(CC(=O)c4ccc(OC(F)(F)F)cc4)c(=O)c3n2Cc2ccccc2)C1. The summed E-state index contributed by atoms with van der Waals surface area (Å²) in [4.78, 5) is 39.5. The van der Waals surface area contributed by atoms with Crippen LogP contribution in [0.25, 0.3) is 11.2 Å². The molecule has 1 atom stereocenters. The van der Waals surface area contributed by atoms with E-state index in [-0.39, 0.29) is 28.7 Å². The van der Waals surface area contributed by atoms with Crippen molar-refractivity contribution in [2.45, 2.75) is 44.9 Å². The molecule has 5 aromatic rings. The fourth-order valence-corrected chi connectivity index (χ4v) is 5.59. The summed E-state index contributed by atoms with van der Waals surface area (Å²) in [5.74, 6) is -0.250. The highest BCUT2D eigenvalue weighted by atomic mass is 19.4.